The van der Waals surface area contributed by atoms with Crippen molar-refractivity contribution in [1.29, 1.82) is 0 Å². The van der Waals surface area contributed by atoms with Crippen molar-refractivity contribution in [2.45, 2.75) is 214 Å². The third-order valence-electron chi connectivity index (χ3n) is 11.3. The van der Waals surface area contributed by atoms with Crippen LogP contribution in [0, 0.1) is 11.3 Å². The van der Waals surface area contributed by atoms with E-state index < -0.39 is 11.9 Å². The molecular weight excluding hydrogens is 857 g/mol. The summed E-state index contributed by atoms with van der Waals surface area (Å²) in [7, 11) is 0. The molecule has 67 heavy (non-hydrogen) atoms. The monoisotopic (exact) mass is 955 g/mol. The Balaban J connectivity index is 3.70. The molecule has 0 spiro atoms. The van der Waals surface area contributed by atoms with Crippen LogP contribution in [-0.4, -0.2) is 125 Å². The topological polar surface area (TPSA) is 208 Å². The van der Waals surface area contributed by atoms with Crippen LogP contribution >= 0.6 is 0 Å². The number of carboxylic acid groups (broad SMARTS) is 1. The Labute approximate surface area is 406 Å². The van der Waals surface area contributed by atoms with Gasteiger partial charge in [0, 0.05) is 64.2 Å². The van der Waals surface area contributed by atoms with E-state index in [0.717, 1.165) is 38.5 Å². The lowest BCUT2D eigenvalue weighted by Crippen LogP contribution is -2.42. The quantitative estimate of drug-likeness (QED) is 0.0364. The first-order valence-electron chi connectivity index (χ1n) is 26.3. The summed E-state index contributed by atoms with van der Waals surface area (Å²) in [4.78, 5) is 73.4. The summed E-state index contributed by atoms with van der Waals surface area (Å²) in [6.07, 6.45) is 22.7. The molecule has 0 aliphatic carbocycles. The smallest absolute Gasteiger partial charge is 0.306 e. The summed E-state index contributed by atoms with van der Waals surface area (Å²) >= 11 is 0. The minimum atomic E-state index is -1.05. The molecular formula is C52H98N4O11. The Hall–Kier alpha value is -2.98. The van der Waals surface area contributed by atoms with Gasteiger partial charge < -0.3 is 45.3 Å². The normalized spacial score (nSPS) is 12.5. The second-order valence-electron chi connectivity index (χ2n) is 19.6. The third kappa shape index (κ3) is 45.2. The molecule has 0 saturated heterocycles. The lowest BCUT2D eigenvalue weighted by molar-refractivity contribution is -0.144. The van der Waals surface area contributed by atoms with E-state index in [1.807, 2.05) is 13.8 Å². The van der Waals surface area contributed by atoms with E-state index in [2.05, 4.69) is 49.0 Å². The number of ketones is 2. The minimum Gasteiger partial charge on any atom is -0.481 e. The molecule has 5 N–H and O–H groups in total. The van der Waals surface area contributed by atoms with Crippen LogP contribution in [0.25, 0.3) is 0 Å². The number of aliphatic carboxylic acids is 1. The van der Waals surface area contributed by atoms with Gasteiger partial charge in [-0.15, -0.1) is 0 Å². The average Bonchev–Trinajstić information content (AvgIpc) is 3.26. The molecule has 0 saturated carbocycles. The number of carboxylic acids is 1. The molecule has 15 nitrogen and oxygen atoms in total. The standard InChI is InChI=1S/C52H98N4O11/c1-7-8-9-10-11-12-13-14-15-16-17-18-19-20-21-24-45(57)41-44(51(62)63)26-27-48(59)54-31-35-66-39-38-65-34-29-50(61)55-32-36-67-40-37-64-33-28-49(60)53-30-23-22-25-46(56-43(2)3)47(58)42-52(4,5)6/h43-44,46,56H,7-42H2,1-6H3,(H,53,60)(H,54,59)(H,55,61)(H,62,63). The average molecular weight is 955 g/mol. The molecule has 0 aliphatic rings. The van der Waals surface area contributed by atoms with Gasteiger partial charge in [-0.25, -0.2) is 0 Å². The molecule has 2 unspecified atom stereocenters. The molecule has 0 fully saturated rings. The van der Waals surface area contributed by atoms with Crippen LogP contribution in [-0.2, 0) is 47.7 Å². The van der Waals surface area contributed by atoms with Crippen molar-refractivity contribution < 1.29 is 52.8 Å². The van der Waals surface area contributed by atoms with Crippen molar-refractivity contribution in [3.63, 3.8) is 0 Å². The second kappa shape index (κ2) is 44.2. The summed E-state index contributed by atoms with van der Waals surface area (Å²) < 4.78 is 21.9. The first kappa shape index (κ1) is 64.0. The van der Waals surface area contributed by atoms with Crippen LogP contribution < -0.4 is 21.3 Å². The van der Waals surface area contributed by atoms with Gasteiger partial charge in [0.15, 0.2) is 0 Å². The Kier molecular flexibility index (Phi) is 42.3. The number of rotatable bonds is 49. The Morgan fingerprint density at radius 3 is 1.37 bits per heavy atom. The van der Waals surface area contributed by atoms with Crippen LogP contribution in [0.3, 0.4) is 0 Å². The van der Waals surface area contributed by atoms with Gasteiger partial charge >= 0.3 is 5.97 Å². The van der Waals surface area contributed by atoms with Gasteiger partial charge in [-0.3, -0.25) is 28.8 Å². The second-order valence-corrected chi connectivity index (χ2v) is 19.6. The van der Waals surface area contributed by atoms with Gasteiger partial charge in [0.2, 0.25) is 17.7 Å². The number of carbonyl (C=O) groups is 6. The zero-order valence-corrected chi connectivity index (χ0v) is 43.2. The molecule has 0 aromatic rings. The largest absolute Gasteiger partial charge is 0.481 e. The molecule has 3 amide bonds. The summed E-state index contributed by atoms with van der Waals surface area (Å²) in [5, 5.41) is 21.4. The molecule has 0 bridgehead atoms. The zero-order chi connectivity index (χ0) is 49.8. The third-order valence-corrected chi connectivity index (χ3v) is 11.3. The number of amides is 3. The SMILES string of the molecule is CCCCCCCCCCCCCCCCCC(=O)CC(CCC(=O)NCCOCCOCCC(=O)NCCOCCOCCC(=O)NCCCCC(NC(C)C)C(=O)CC(C)(C)C)C(=O)O. The molecule has 0 aromatic carbocycles. The van der Waals surface area contributed by atoms with Gasteiger partial charge in [0.1, 0.15) is 11.6 Å². The van der Waals surface area contributed by atoms with E-state index in [1.165, 1.54) is 77.0 Å². The minimum absolute atomic E-state index is 0.0285. The van der Waals surface area contributed by atoms with Crippen LogP contribution in [0.4, 0.5) is 0 Å². The fourth-order valence-electron chi connectivity index (χ4n) is 7.54. The summed E-state index contributed by atoms with van der Waals surface area (Å²) in [6.45, 7) is 16.1. The Morgan fingerprint density at radius 1 is 0.493 bits per heavy atom. The number of hydrogen-bond acceptors (Lipinski definition) is 11. The number of carbonyl (C=O) groups excluding carboxylic acids is 5. The lowest BCUT2D eigenvalue weighted by Gasteiger charge is -2.24. The molecule has 15 heteroatoms. The van der Waals surface area contributed by atoms with E-state index in [4.69, 9.17) is 18.9 Å². The molecule has 0 aliphatic heterocycles. The van der Waals surface area contributed by atoms with E-state index in [-0.39, 0.29) is 112 Å². The van der Waals surface area contributed by atoms with Crippen molar-refractivity contribution in [2.24, 2.45) is 11.3 Å². The molecule has 0 rings (SSSR count). The van der Waals surface area contributed by atoms with Crippen LogP contribution in [0.15, 0.2) is 0 Å². The van der Waals surface area contributed by atoms with E-state index in [9.17, 15) is 33.9 Å². The van der Waals surface area contributed by atoms with Crippen molar-refractivity contribution >= 4 is 35.3 Å². The van der Waals surface area contributed by atoms with Crippen molar-refractivity contribution in [1.82, 2.24) is 21.3 Å². The van der Waals surface area contributed by atoms with Crippen molar-refractivity contribution in [3.05, 3.63) is 0 Å². The van der Waals surface area contributed by atoms with Crippen molar-refractivity contribution in [3.8, 4) is 0 Å². The maximum absolute atomic E-state index is 12.7. The maximum atomic E-state index is 12.7. The number of Topliss-reactive ketones (excluding diaryl/α,β-unsaturated/α-hetero) is 2. The van der Waals surface area contributed by atoms with Gasteiger partial charge in [-0.05, 0) is 37.5 Å². The Morgan fingerprint density at radius 2 is 0.925 bits per heavy atom. The molecule has 392 valence electrons. The zero-order valence-electron chi connectivity index (χ0n) is 43.2. The molecule has 2 atom stereocenters. The fraction of sp³-hybridized carbons (Fsp3) is 0.885. The first-order valence-corrected chi connectivity index (χ1v) is 26.3. The number of unbranched alkanes of at least 4 members (excludes halogenated alkanes) is 15. The van der Waals surface area contributed by atoms with E-state index in [0.29, 0.717) is 52.4 Å². The fourth-order valence-corrected chi connectivity index (χ4v) is 7.54. The summed E-state index contributed by atoms with van der Waals surface area (Å²) in [6, 6.07) is 0.0685. The first-order chi connectivity index (χ1) is 32.1. The maximum Gasteiger partial charge on any atom is 0.306 e. The Bertz CT molecular complexity index is 1280. The van der Waals surface area contributed by atoms with Gasteiger partial charge in [0.05, 0.1) is 64.8 Å². The van der Waals surface area contributed by atoms with Crippen LogP contribution in [0.5, 0.6) is 0 Å². The summed E-state index contributed by atoms with van der Waals surface area (Å²) in [5.41, 5.74) is -0.0444. The highest BCUT2D eigenvalue weighted by molar-refractivity contribution is 5.85. The number of ether oxygens (including phenoxy) is 4. The number of hydrogen-bond donors (Lipinski definition) is 5. The predicted molar refractivity (Wildman–Crippen MR) is 266 cm³/mol. The molecule has 0 radical (unpaired) electrons. The van der Waals surface area contributed by atoms with E-state index >= 15 is 0 Å². The van der Waals surface area contributed by atoms with E-state index in [1.54, 1.807) is 0 Å². The van der Waals surface area contributed by atoms with Crippen LogP contribution in [0.1, 0.15) is 202 Å². The molecule has 0 aromatic heterocycles. The molecule has 0 heterocycles. The van der Waals surface area contributed by atoms with Gasteiger partial charge in [-0.2, -0.15) is 0 Å². The van der Waals surface area contributed by atoms with Gasteiger partial charge in [-0.1, -0.05) is 131 Å². The predicted octanol–water partition coefficient (Wildman–Crippen LogP) is 8.43. The van der Waals surface area contributed by atoms with Crippen LogP contribution in [0.2, 0.25) is 0 Å². The highest BCUT2D eigenvalue weighted by Gasteiger charge is 2.24. The highest BCUT2D eigenvalue weighted by Crippen LogP contribution is 2.21. The lowest BCUT2D eigenvalue weighted by atomic mass is 9.86. The highest BCUT2D eigenvalue weighted by atomic mass is 16.5. The van der Waals surface area contributed by atoms with Crippen molar-refractivity contribution in [2.75, 3.05) is 72.5 Å². The number of nitrogens with one attached hydrogen (secondary N) is 4. The summed E-state index contributed by atoms with van der Waals surface area (Å²) in [5.74, 6) is -2.23. The van der Waals surface area contributed by atoms with Gasteiger partial charge in [0.25, 0.3) is 0 Å².